The average molecular weight is 369 g/mol. The zero-order chi connectivity index (χ0) is 19.1. The Morgan fingerprint density at radius 2 is 1.96 bits per heavy atom. The Morgan fingerprint density at radius 3 is 2.78 bits per heavy atom. The molecule has 27 heavy (non-hydrogen) atoms. The van der Waals surface area contributed by atoms with Gasteiger partial charge in [-0.2, -0.15) is 0 Å². The van der Waals surface area contributed by atoms with Crippen LogP contribution in [0.25, 0.3) is 0 Å². The number of hydrogen-bond donors (Lipinski definition) is 2. The second-order valence-corrected chi connectivity index (χ2v) is 6.41. The minimum Gasteiger partial charge on any atom is -0.496 e. The van der Waals surface area contributed by atoms with Crippen LogP contribution in [0.4, 0.5) is 0 Å². The summed E-state index contributed by atoms with van der Waals surface area (Å²) in [5.74, 6) is 3.56. The zero-order valence-corrected chi connectivity index (χ0v) is 16.1. The van der Waals surface area contributed by atoms with E-state index in [1.807, 2.05) is 36.4 Å². The van der Waals surface area contributed by atoms with Crippen molar-refractivity contribution in [3.8, 4) is 17.2 Å². The standard InChI is InChI=1S/C21H27N3O3/c1-4-22-21(23-12-15(2)17-7-5-6-8-18(17)25-3)24-13-16-9-10-19-20(11-16)27-14-26-19/h5-11,15H,4,12-14H2,1-3H3,(H2,22,23,24). The highest BCUT2D eigenvalue weighted by Gasteiger charge is 2.14. The lowest BCUT2D eigenvalue weighted by molar-refractivity contribution is 0.174. The predicted molar refractivity (Wildman–Crippen MR) is 107 cm³/mol. The topological polar surface area (TPSA) is 64.1 Å². The lowest BCUT2D eigenvalue weighted by atomic mass is 10.0. The van der Waals surface area contributed by atoms with Crippen molar-refractivity contribution >= 4 is 5.96 Å². The number of hydrogen-bond acceptors (Lipinski definition) is 4. The van der Waals surface area contributed by atoms with E-state index >= 15 is 0 Å². The Labute approximate surface area is 160 Å². The molecule has 6 nitrogen and oxygen atoms in total. The summed E-state index contributed by atoms with van der Waals surface area (Å²) < 4.78 is 16.2. The molecule has 0 spiro atoms. The first-order valence-electron chi connectivity index (χ1n) is 9.25. The highest BCUT2D eigenvalue weighted by Crippen LogP contribution is 2.32. The van der Waals surface area contributed by atoms with Gasteiger partial charge >= 0.3 is 0 Å². The minimum absolute atomic E-state index is 0.285. The van der Waals surface area contributed by atoms with Crippen molar-refractivity contribution < 1.29 is 14.2 Å². The first-order chi connectivity index (χ1) is 13.2. The summed E-state index contributed by atoms with van der Waals surface area (Å²) in [4.78, 5) is 4.68. The third kappa shape index (κ3) is 4.84. The van der Waals surface area contributed by atoms with Gasteiger partial charge in [-0.1, -0.05) is 31.2 Å². The molecule has 2 aromatic rings. The van der Waals surface area contributed by atoms with Crippen LogP contribution in [0.15, 0.2) is 47.5 Å². The molecular formula is C21H27N3O3. The third-order valence-electron chi connectivity index (χ3n) is 4.45. The molecule has 2 N–H and O–H groups in total. The Balaban J connectivity index is 1.62. The molecule has 3 rings (SSSR count). The lowest BCUT2D eigenvalue weighted by Crippen LogP contribution is -2.39. The van der Waals surface area contributed by atoms with E-state index < -0.39 is 0 Å². The number of rotatable bonds is 7. The number of methoxy groups -OCH3 is 1. The maximum atomic E-state index is 5.47. The number of fused-ring (bicyclic) bond motifs is 1. The summed E-state index contributed by atoms with van der Waals surface area (Å²) in [5.41, 5.74) is 2.26. The third-order valence-corrected chi connectivity index (χ3v) is 4.45. The Hall–Kier alpha value is -2.89. The van der Waals surface area contributed by atoms with Crippen LogP contribution in [0.1, 0.15) is 30.9 Å². The molecule has 0 aliphatic carbocycles. The van der Waals surface area contributed by atoms with E-state index in [0.29, 0.717) is 6.54 Å². The van der Waals surface area contributed by atoms with Crippen molar-refractivity contribution in [2.75, 3.05) is 27.0 Å². The van der Waals surface area contributed by atoms with Gasteiger partial charge in [-0.15, -0.1) is 0 Å². The predicted octanol–water partition coefficient (Wildman–Crippen LogP) is 3.28. The summed E-state index contributed by atoms with van der Waals surface area (Å²) >= 11 is 0. The molecule has 1 atom stereocenters. The van der Waals surface area contributed by atoms with Crippen molar-refractivity contribution in [2.24, 2.45) is 4.99 Å². The maximum absolute atomic E-state index is 5.47. The highest BCUT2D eigenvalue weighted by molar-refractivity contribution is 5.79. The second-order valence-electron chi connectivity index (χ2n) is 6.41. The van der Waals surface area contributed by atoms with Gasteiger partial charge in [0.2, 0.25) is 6.79 Å². The summed E-state index contributed by atoms with van der Waals surface area (Å²) in [6.07, 6.45) is 0. The Bertz CT molecular complexity index is 792. The molecule has 1 heterocycles. The van der Waals surface area contributed by atoms with Crippen LogP contribution in [-0.4, -0.2) is 33.0 Å². The van der Waals surface area contributed by atoms with Gasteiger partial charge in [0.1, 0.15) is 5.75 Å². The van der Waals surface area contributed by atoms with Gasteiger partial charge in [-0.25, -0.2) is 4.99 Å². The quantitative estimate of drug-likeness (QED) is 0.579. The molecule has 0 bridgehead atoms. The molecule has 144 valence electrons. The van der Waals surface area contributed by atoms with Crippen molar-refractivity contribution in [2.45, 2.75) is 26.3 Å². The maximum Gasteiger partial charge on any atom is 0.231 e. The SMILES string of the molecule is CCNC(=NCc1ccc2c(c1)OCO2)NCC(C)c1ccccc1OC. The van der Waals surface area contributed by atoms with Crippen LogP contribution < -0.4 is 24.8 Å². The number of benzene rings is 2. The van der Waals surface area contributed by atoms with Crippen LogP contribution in [-0.2, 0) is 6.54 Å². The van der Waals surface area contributed by atoms with Crippen LogP contribution in [0, 0.1) is 0 Å². The molecular weight excluding hydrogens is 342 g/mol. The van der Waals surface area contributed by atoms with E-state index in [1.165, 1.54) is 5.56 Å². The van der Waals surface area contributed by atoms with E-state index in [1.54, 1.807) is 7.11 Å². The number of nitrogens with zero attached hydrogens (tertiary/aromatic N) is 1. The monoisotopic (exact) mass is 369 g/mol. The summed E-state index contributed by atoms with van der Waals surface area (Å²) in [6.45, 7) is 6.64. The van der Waals surface area contributed by atoms with E-state index in [4.69, 9.17) is 14.2 Å². The van der Waals surface area contributed by atoms with Gasteiger partial charge in [0, 0.05) is 19.0 Å². The number of para-hydroxylation sites is 1. The van der Waals surface area contributed by atoms with E-state index in [9.17, 15) is 0 Å². The van der Waals surface area contributed by atoms with Crippen molar-refractivity contribution in [1.82, 2.24) is 10.6 Å². The number of guanidine groups is 1. The fourth-order valence-corrected chi connectivity index (χ4v) is 2.98. The van der Waals surface area contributed by atoms with E-state index in [2.05, 4.69) is 35.5 Å². The number of ether oxygens (including phenoxy) is 3. The average Bonchev–Trinajstić information content (AvgIpc) is 3.17. The summed E-state index contributed by atoms with van der Waals surface area (Å²) in [7, 11) is 1.70. The van der Waals surface area contributed by atoms with Gasteiger partial charge in [0.05, 0.1) is 13.7 Å². The Kier molecular flexibility index (Phi) is 6.41. The summed E-state index contributed by atoms with van der Waals surface area (Å²) in [6, 6.07) is 14.0. The minimum atomic E-state index is 0.285. The molecule has 0 fully saturated rings. The van der Waals surface area contributed by atoms with E-state index in [-0.39, 0.29) is 12.7 Å². The fourth-order valence-electron chi connectivity index (χ4n) is 2.98. The number of nitrogens with one attached hydrogen (secondary N) is 2. The first-order valence-corrected chi connectivity index (χ1v) is 9.25. The van der Waals surface area contributed by atoms with Crippen LogP contribution in [0.3, 0.4) is 0 Å². The molecule has 0 aromatic heterocycles. The fraction of sp³-hybridized carbons (Fsp3) is 0.381. The zero-order valence-electron chi connectivity index (χ0n) is 16.1. The smallest absolute Gasteiger partial charge is 0.231 e. The lowest BCUT2D eigenvalue weighted by Gasteiger charge is -2.18. The second kappa shape index (κ2) is 9.16. The van der Waals surface area contributed by atoms with Crippen molar-refractivity contribution in [1.29, 1.82) is 0 Å². The molecule has 1 aliphatic rings. The molecule has 1 aliphatic heterocycles. The largest absolute Gasteiger partial charge is 0.496 e. The summed E-state index contributed by atoms with van der Waals surface area (Å²) in [5, 5.41) is 6.71. The number of aliphatic imine (C=N–C) groups is 1. The normalized spacial score (nSPS) is 14.0. The van der Waals surface area contributed by atoms with Crippen LogP contribution in [0.5, 0.6) is 17.2 Å². The van der Waals surface area contributed by atoms with Crippen LogP contribution >= 0.6 is 0 Å². The molecule has 0 saturated heterocycles. The molecule has 0 amide bonds. The molecule has 0 radical (unpaired) electrons. The van der Waals surface area contributed by atoms with Gasteiger partial charge in [0.15, 0.2) is 17.5 Å². The van der Waals surface area contributed by atoms with Crippen molar-refractivity contribution in [3.63, 3.8) is 0 Å². The molecule has 1 unspecified atom stereocenters. The van der Waals surface area contributed by atoms with Gasteiger partial charge in [0.25, 0.3) is 0 Å². The van der Waals surface area contributed by atoms with Gasteiger partial charge < -0.3 is 24.8 Å². The molecule has 2 aromatic carbocycles. The first kappa shape index (κ1) is 18.9. The van der Waals surface area contributed by atoms with E-state index in [0.717, 1.165) is 41.9 Å². The Morgan fingerprint density at radius 1 is 1.15 bits per heavy atom. The van der Waals surface area contributed by atoms with Gasteiger partial charge in [-0.05, 0) is 36.2 Å². The van der Waals surface area contributed by atoms with Crippen molar-refractivity contribution in [3.05, 3.63) is 53.6 Å². The van der Waals surface area contributed by atoms with Gasteiger partial charge in [-0.3, -0.25) is 0 Å². The highest BCUT2D eigenvalue weighted by atomic mass is 16.7. The molecule has 0 saturated carbocycles. The molecule has 6 heteroatoms. The van der Waals surface area contributed by atoms with Crippen LogP contribution in [0.2, 0.25) is 0 Å².